The molecule has 3 atom stereocenters. The van der Waals surface area contributed by atoms with Crippen LogP contribution in [0.3, 0.4) is 0 Å². The number of fused-ring (bicyclic) bond motifs is 7. The summed E-state index contributed by atoms with van der Waals surface area (Å²) in [4.78, 5) is 5.17. The van der Waals surface area contributed by atoms with Crippen molar-refractivity contribution in [3.05, 3.63) is 151 Å². The first-order valence-electron chi connectivity index (χ1n) is 15.2. The summed E-state index contributed by atoms with van der Waals surface area (Å²) >= 11 is 0. The monoisotopic (exact) mass is 556 g/mol. The average molecular weight is 557 g/mol. The third kappa shape index (κ3) is 3.67. The van der Waals surface area contributed by atoms with Crippen LogP contribution >= 0.6 is 0 Å². The molecule has 0 N–H and O–H groups in total. The van der Waals surface area contributed by atoms with Crippen LogP contribution in [0.15, 0.2) is 134 Å². The molecule has 0 radical (unpaired) electrons. The van der Waals surface area contributed by atoms with Crippen molar-refractivity contribution in [1.29, 1.82) is 0 Å². The summed E-state index contributed by atoms with van der Waals surface area (Å²) in [5.74, 6) is 0.102. The summed E-state index contributed by atoms with van der Waals surface area (Å²) in [7, 11) is 0. The number of para-hydroxylation sites is 1. The summed E-state index contributed by atoms with van der Waals surface area (Å²) < 4.78 is 4.93. The van der Waals surface area contributed by atoms with Gasteiger partial charge in [0, 0.05) is 51.1 Å². The van der Waals surface area contributed by atoms with Gasteiger partial charge in [0.2, 0.25) is 5.69 Å². The number of benzene rings is 4. The predicted molar refractivity (Wildman–Crippen MR) is 179 cm³/mol. The second-order valence-corrected chi connectivity index (χ2v) is 11.7. The minimum absolute atomic E-state index is 0.0688. The number of rotatable bonds is 5. The number of allylic oxidation sites excluding steroid dienone is 1. The van der Waals surface area contributed by atoms with Gasteiger partial charge in [-0.15, -0.1) is 6.58 Å². The van der Waals surface area contributed by atoms with E-state index in [2.05, 4.69) is 139 Å². The molecule has 0 spiro atoms. The van der Waals surface area contributed by atoms with Gasteiger partial charge in [-0.25, -0.2) is 0 Å². The Morgan fingerprint density at radius 1 is 0.791 bits per heavy atom. The number of aliphatic imine (C=N–C) groups is 1. The average Bonchev–Trinajstić information content (AvgIpc) is 3.55. The van der Waals surface area contributed by atoms with Gasteiger partial charge >= 0.3 is 0 Å². The van der Waals surface area contributed by atoms with Crippen LogP contribution in [0.25, 0.3) is 44.2 Å². The SMILES string of the molecule is C=CC1=NC(C=C)C(C2c3ccccc3-c3cc(C)c(-c4ccc5c(c4)c4ccccc4n5CC)c[n+]32)c2ccccc21. The molecule has 3 heteroatoms. The van der Waals surface area contributed by atoms with Crippen LogP contribution in [0.4, 0.5) is 0 Å². The van der Waals surface area contributed by atoms with Crippen LogP contribution in [0.1, 0.15) is 41.1 Å². The van der Waals surface area contributed by atoms with E-state index in [-0.39, 0.29) is 18.0 Å². The first kappa shape index (κ1) is 25.7. The Kier molecular flexibility index (Phi) is 5.84. The predicted octanol–water partition coefficient (Wildman–Crippen LogP) is 8.97. The summed E-state index contributed by atoms with van der Waals surface area (Å²) in [6.07, 6.45) is 6.28. The molecule has 2 aliphatic rings. The third-order valence-corrected chi connectivity index (χ3v) is 9.61. The molecular weight excluding hydrogens is 522 g/mol. The zero-order valence-corrected chi connectivity index (χ0v) is 24.7. The highest BCUT2D eigenvalue weighted by atomic mass is 15.1. The van der Waals surface area contributed by atoms with Crippen molar-refractivity contribution in [2.75, 3.05) is 0 Å². The lowest BCUT2D eigenvalue weighted by Gasteiger charge is -2.31. The zero-order chi connectivity index (χ0) is 29.2. The summed E-state index contributed by atoms with van der Waals surface area (Å²) in [5.41, 5.74) is 13.6. The van der Waals surface area contributed by atoms with Crippen molar-refractivity contribution >= 4 is 27.5 Å². The molecular formula is C40H34N3+. The van der Waals surface area contributed by atoms with Crippen molar-refractivity contribution < 1.29 is 4.57 Å². The van der Waals surface area contributed by atoms with Crippen molar-refractivity contribution in [2.45, 2.75) is 38.4 Å². The smallest absolute Gasteiger partial charge is 0.213 e. The molecule has 208 valence electrons. The fourth-order valence-corrected chi connectivity index (χ4v) is 7.72. The van der Waals surface area contributed by atoms with Gasteiger partial charge in [-0.05, 0) is 60.9 Å². The Morgan fingerprint density at radius 2 is 1.51 bits per heavy atom. The van der Waals surface area contributed by atoms with Crippen LogP contribution < -0.4 is 4.57 Å². The Hall–Kier alpha value is -5.02. The van der Waals surface area contributed by atoms with E-state index in [9.17, 15) is 0 Å². The van der Waals surface area contributed by atoms with Crippen LogP contribution in [0, 0.1) is 6.92 Å². The topological polar surface area (TPSA) is 21.2 Å². The number of pyridine rings is 1. The fraction of sp³-hybridized carbons (Fsp3) is 0.150. The molecule has 43 heavy (non-hydrogen) atoms. The lowest BCUT2D eigenvalue weighted by atomic mass is 9.77. The largest absolute Gasteiger partial charge is 0.341 e. The molecule has 2 aromatic heterocycles. The maximum Gasteiger partial charge on any atom is 0.213 e. The first-order chi connectivity index (χ1) is 21.1. The van der Waals surface area contributed by atoms with Crippen molar-refractivity contribution in [2.24, 2.45) is 4.99 Å². The maximum absolute atomic E-state index is 5.17. The van der Waals surface area contributed by atoms with Gasteiger partial charge < -0.3 is 4.57 Å². The van der Waals surface area contributed by atoms with E-state index in [0.717, 1.165) is 17.8 Å². The van der Waals surface area contributed by atoms with E-state index in [0.29, 0.717) is 0 Å². The number of hydrogen-bond donors (Lipinski definition) is 0. The fourth-order valence-electron chi connectivity index (χ4n) is 7.72. The molecule has 0 saturated heterocycles. The number of nitrogens with zero attached hydrogens (tertiary/aromatic N) is 3. The summed E-state index contributed by atoms with van der Waals surface area (Å²) in [5, 5.41) is 2.61. The van der Waals surface area contributed by atoms with Crippen LogP contribution in [0.2, 0.25) is 0 Å². The van der Waals surface area contributed by atoms with Crippen molar-refractivity contribution in [3.8, 4) is 22.4 Å². The highest BCUT2D eigenvalue weighted by Gasteiger charge is 2.47. The van der Waals surface area contributed by atoms with Gasteiger partial charge in [0.25, 0.3) is 0 Å². The Morgan fingerprint density at radius 3 is 2.30 bits per heavy atom. The van der Waals surface area contributed by atoms with Crippen molar-refractivity contribution in [1.82, 2.24) is 4.57 Å². The molecule has 0 amide bonds. The van der Waals surface area contributed by atoms with Gasteiger partial charge in [-0.1, -0.05) is 79.4 Å². The molecule has 0 bridgehead atoms. The van der Waals surface area contributed by atoms with E-state index in [4.69, 9.17) is 4.99 Å². The minimum Gasteiger partial charge on any atom is -0.341 e. The van der Waals surface area contributed by atoms with Gasteiger partial charge in [0.1, 0.15) is 0 Å². The molecule has 0 saturated carbocycles. The van der Waals surface area contributed by atoms with E-state index >= 15 is 0 Å². The second kappa shape index (κ2) is 9.78. The Bertz CT molecular complexity index is 2140. The molecule has 3 nitrogen and oxygen atoms in total. The van der Waals surface area contributed by atoms with Crippen LogP contribution in [0.5, 0.6) is 0 Å². The van der Waals surface area contributed by atoms with Crippen LogP contribution in [-0.4, -0.2) is 16.3 Å². The number of aromatic nitrogens is 2. The molecule has 4 aromatic carbocycles. The van der Waals surface area contributed by atoms with E-state index in [1.54, 1.807) is 0 Å². The zero-order valence-electron chi connectivity index (χ0n) is 24.7. The number of hydrogen-bond acceptors (Lipinski definition) is 1. The number of aryl methyl sites for hydroxylation is 2. The van der Waals surface area contributed by atoms with Gasteiger partial charge in [0.05, 0.1) is 23.2 Å². The minimum atomic E-state index is -0.0688. The maximum atomic E-state index is 5.17. The molecule has 0 fully saturated rings. The van der Waals surface area contributed by atoms with Crippen LogP contribution in [-0.2, 0) is 6.54 Å². The lowest BCUT2D eigenvalue weighted by molar-refractivity contribution is -0.700. The molecule has 6 aromatic rings. The summed E-state index contributed by atoms with van der Waals surface area (Å²) in [6, 6.07) is 35.7. The summed E-state index contributed by atoms with van der Waals surface area (Å²) in [6.45, 7) is 13.7. The first-order valence-corrected chi connectivity index (χ1v) is 15.2. The quantitative estimate of drug-likeness (QED) is 0.149. The van der Waals surface area contributed by atoms with Gasteiger partial charge in [-0.2, -0.15) is 4.57 Å². The molecule has 0 aliphatic carbocycles. The van der Waals surface area contributed by atoms with E-state index in [1.165, 1.54) is 60.9 Å². The lowest BCUT2D eigenvalue weighted by Crippen LogP contribution is -2.45. The Labute approximate surface area is 252 Å². The molecule has 8 rings (SSSR count). The highest BCUT2D eigenvalue weighted by Crippen LogP contribution is 2.47. The molecule has 3 unspecified atom stereocenters. The highest BCUT2D eigenvalue weighted by molar-refractivity contribution is 6.11. The van der Waals surface area contributed by atoms with E-state index < -0.39 is 0 Å². The standard InChI is InChI=1S/C40H34N3/c1-5-34-27-14-8-10-17-30(27)39(35(6-2)41-34)40-31-18-11-9-15-28(31)38-22-25(4)33(24-43(38)40)26-20-21-37-32(23-26)29-16-12-13-19-36(29)42(37)7-3/h5-6,8-24,35,39-40H,1-2,7H2,3-4H3/q+1. The van der Waals surface area contributed by atoms with E-state index in [1.807, 2.05) is 12.2 Å². The third-order valence-electron chi connectivity index (χ3n) is 9.61. The molecule has 4 heterocycles. The normalized spacial score (nSPS) is 18.7. The second-order valence-electron chi connectivity index (χ2n) is 11.7. The van der Waals surface area contributed by atoms with Gasteiger partial charge in [0.15, 0.2) is 12.2 Å². The van der Waals surface area contributed by atoms with Gasteiger partial charge in [-0.3, -0.25) is 4.99 Å². The van der Waals surface area contributed by atoms with Crippen molar-refractivity contribution in [3.63, 3.8) is 0 Å². The molecule has 2 aliphatic heterocycles. The Balaban J connectivity index is 1.35.